The first-order chi connectivity index (χ1) is 18.4. The molecule has 7 nitrogen and oxygen atoms in total. The zero-order valence-electron chi connectivity index (χ0n) is 20.8. The van der Waals surface area contributed by atoms with Crippen LogP contribution in [0.3, 0.4) is 0 Å². The van der Waals surface area contributed by atoms with Gasteiger partial charge < -0.3 is 23.7 Å². The van der Waals surface area contributed by atoms with Crippen molar-refractivity contribution in [3.8, 4) is 23.0 Å². The molecule has 2 heterocycles. The third-order valence-corrected chi connectivity index (χ3v) is 6.43. The first-order valence-corrected chi connectivity index (χ1v) is 12.3. The molecule has 0 amide bonds. The zero-order valence-corrected chi connectivity index (χ0v) is 20.8. The van der Waals surface area contributed by atoms with Crippen LogP contribution in [0.1, 0.15) is 46.5 Å². The number of carbonyl (C=O) groups excluding carboxylic acids is 2. The minimum absolute atomic E-state index is 0.0372. The van der Waals surface area contributed by atoms with Gasteiger partial charge in [-0.3, -0.25) is 0 Å². The third-order valence-electron chi connectivity index (χ3n) is 6.43. The Kier molecular flexibility index (Phi) is 5.76. The van der Waals surface area contributed by atoms with E-state index in [0.29, 0.717) is 39.5 Å². The van der Waals surface area contributed by atoms with Crippen molar-refractivity contribution in [2.24, 2.45) is 0 Å². The molecule has 4 aromatic carbocycles. The molecule has 0 N–H and O–H groups in total. The van der Waals surface area contributed by atoms with Gasteiger partial charge in [-0.1, -0.05) is 48.5 Å². The Morgan fingerprint density at radius 1 is 0.816 bits per heavy atom. The van der Waals surface area contributed by atoms with E-state index in [2.05, 4.69) is 0 Å². The van der Waals surface area contributed by atoms with Crippen molar-refractivity contribution in [1.82, 2.24) is 0 Å². The van der Waals surface area contributed by atoms with Crippen LogP contribution in [0.5, 0.6) is 23.0 Å². The van der Waals surface area contributed by atoms with Gasteiger partial charge in [-0.25, -0.2) is 9.59 Å². The minimum Gasteiger partial charge on any atom is -0.491 e. The zero-order chi connectivity index (χ0) is 26.3. The number of hydrogen-bond acceptors (Lipinski definition) is 7. The van der Waals surface area contributed by atoms with Crippen LogP contribution >= 0.6 is 0 Å². The van der Waals surface area contributed by atoms with Crippen molar-refractivity contribution in [2.45, 2.75) is 32.2 Å². The average molecular weight is 509 g/mol. The van der Waals surface area contributed by atoms with Gasteiger partial charge in [-0.2, -0.15) is 0 Å². The van der Waals surface area contributed by atoms with Crippen molar-refractivity contribution in [3.05, 3.63) is 119 Å². The summed E-state index contributed by atoms with van der Waals surface area (Å²) in [6.45, 7) is 3.96. The van der Waals surface area contributed by atoms with Gasteiger partial charge in [0.1, 0.15) is 29.6 Å². The molecule has 6 rings (SSSR count). The molecule has 1 spiro atoms. The first kappa shape index (κ1) is 23.6. The van der Waals surface area contributed by atoms with Gasteiger partial charge in [0, 0.05) is 28.8 Å². The van der Waals surface area contributed by atoms with Gasteiger partial charge in [-0.05, 0) is 49.7 Å². The topological polar surface area (TPSA) is 80.3 Å². The fourth-order valence-corrected chi connectivity index (χ4v) is 4.89. The molecule has 38 heavy (non-hydrogen) atoms. The van der Waals surface area contributed by atoms with Crippen LogP contribution < -0.4 is 14.2 Å². The fraction of sp³-hybridized carbons (Fsp3) is 0.161. The normalized spacial score (nSPS) is 16.7. The predicted molar refractivity (Wildman–Crippen MR) is 138 cm³/mol. The third kappa shape index (κ3) is 4.02. The summed E-state index contributed by atoms with van der Waals surface area (Å²) >= 11 is 0. The molecular formula is C31H24O7. The average Bonchev–Trinajstić information content (AvgIpc) is 3.20. The van der Waals surface area contributed by atoms with Crippen LogP contribution in [-0.2, 0) is 21.7 Å². The molecule has 190 valence electrons. The van der Waals surface area contributed by atoms with E-state index in [-0.39, 0.29) is 18.5 Å². The maximum atomic E-state index is 13.0. The van der Waals surface area contributed by atoms with Crippen molar-refractivity contribution in [3.63, 3.8) is 0 Å². The van der Waals surface area contributed by atoms with Gasteiger partial charge in [0.05, 0.1) is 11.7 Å². The van der Waals surface area contributed by atoms with Crippen molar-refractivity contribution >= 4 is 12.1 Å². The van der Waals surface area contributed by atoms with Crippen LogP contribution in [0.25, 0.3) is 0 Å². The van der Waals surface area contributed by atoms with E-state index in [9.17, 15) is 9.59 Å². The quantitative estimate of drug-likeness (QED) is 0.218. The highest BCUT2D eigenvalue weighted by molar-refractivity contribution is 5.97. The van der Waals surface area contributed by atoms with Gasteiger partial charge in [0.2, 0.25) is 0 Å². The molecule has 0 saturated heterocycles. The van der Waals surface area contributed by atoms with Crippen LogP contribution in [0, 0.1) is 0 Å². The molecule has 4 aromatic rings. The van der Waals surface area contributed by atoms with Crippen LogP contribution in [0.4, 0.5) is 4.79 Å². The van der Waals surface area contributed by atoms with E-state index in [1.54, 1.807) is 36.4 Å². The van der Waals surface area contributed by atoms with E-state index >= 15 is 0 Å². The lowest BCUT2D eigenvalue weighted by molar-refractivity contribution is 0.0224. The highest BCUT2D eigenvalue weighted by Crippen LogP contribution is 2.57. The molecule has 0 aliphatic carbocycles. The van der Waals surface area contributed by atoms with Crippen molar-refractivity contribution < 1.29 is 33.3 Å². The monoisotopic (exact) mass is 508 g/mol. The Hall–Kier alpha value is -4.78. The molecule has 2 aliphatic heterocycles. The summed E-state index contributed by atoms with van der Waals surface area (Å²) in [5, 5.41) is 0. The van der Waals surface area contributed by atoms with Gasteiger partial charge >= 0.3 is 12.1 Å². The Labute approximate surface area is 219 Å². The lowest BCUT2D eigenvalue weighted by Gasteiger charge is -2.36. The minimum atomic E-state index is -1.22. The molecule has 0 radical (unpaired) electrons. The number of carbonyl (C=O) groups is 2. The molecule has 0 saturated carbocycles. The molecule has 7 heteroatoms. The highest BCUT2D eigenvalue weighted by atomic mass is 16.7. The summed E-state index contributed by atoms with van der Waals surface area (Å²) in [7, 11) is 0. The second-order valence-corrected chi connectivity index (χ2v) is 9.33. The number of fused-ring (bicyclic) bond motifs is 6. The summed E-state index contributed by atoms with van der Waals surface area (Å²) in [6, 6.07) is 27.1. The van der Waals surface area contributed by atoms with Crippen molar-refractivity contribution in [1.29, 1.82) is 0 Å². The predicted octanol–water partition coefficient (Wildman–Crippen LogP) is 6.76. The lowest BCUT2D eigenvalue weighted by Crippen LogP contribution is -2.33. The van der Waals surface area contributed by atoms with Crippen LogP contribution in [0.15, 0.2) is 91.0 Å². The Morgan fingerprint density at radius 3 is 2.21 bits per heavy atom. The second kappa shape index (κ2) is 9.27. The SMILES string of the molecule is CC(C)Oc1ccc2c(c1)Oc1cc(OC(=O)OCc3ccccc3)ccc1C21OC(=O)c2ccccc21. The van der Waals surface area contributed by atoms with Gasteiger partial charge in [-0.15, -0.1) is 0 Å². The largest absolute Gasteiger partial charge is 0.514 e. The smallest absolute Gasteiger partial charge is 0.491 e. The molecule has 1 atom stereocenters. The van der Waals surface area contributed by atoms with Gasteiger partial charge in [0.15, 0.2) is 5.60 Å². The number of benzene rings is 4. The van der Waals surface area contributed by atoms with E-state index in [0.717, 1.165) is 5.56 Å². The molecule has 2 aliphatic rings. The Morgan fingerprint density at radius 2 is 1.47 bits per heavy atom. The van der Waals surface area contributed by atoms with E-state index in [4.69, 9.17) is 23.7 Å². The second-order valence-electron chi connectivity index (χ2n) is 9.33. The van der Waals surface area contributed by atoms with E-state index in [1.165, 1.54) is 0 Å². The maximum absolute atomic E-state index is 13.0. The number of ether oxygens (including phenoxy) is 5. The summed E-state index contributed by atoms with van der Waals surface area (Å²) < 4.78 is 29.0. The number of hydrogen-bond donors (Lipinski definition) is 0. The Bertz CT molecular complexity index is 1540. The van der Waals surface area contributed by atoms with Crippen LogP contribution in [0.2, 0.25) is 0 Å². The fourth-order valence-electron chi connectivity index (χ4n) is 4.89. The number of rotatable bonds is 5. The molecule has 1 unspecified atom stereocenters. The lowest BCUT2D eigenvalue weighted by atomic mass is 9.77. The summed E-state index contributed by atoms with van der Waals surface area (Å²) in [4.78, 5) is 25.4. The molecular weight excluding hydrogens is 484 g/mol. The van der Waals surface area contributed by atoms with Crippen LogP contribution in [-0.4, -0.2) is 18.2 Å². The highest BCUT2D eigenvalue weighted by Gasteiger charge is 2.53. The van der Waals surface area contributed by atoms with Crippen molar-refractivity contribution in [2.75, 3.05) is 0 Å². The number of esters is 1. The molecule has 0 bridgehead atoms. The molecule has 0 fully saturated rings. The summed E-state index contributed by atoms with van der Waals surface area (Å²) in [5.74, 6) is 1.28. The molecule has 0 aromatic heterocycles. The van der Waals surface area contributed by atoms with E-state index in [1.807, 2.05) is 68.4 Å². The van der Waals surface area contributed by atoms with Gasteiger partial charge in [0.25, 0.3) is 0 Å². The standard InChI is InChI=1S/C31H24O7/c1-19(2)35-21-12-14-25-27(16-21)37-28-17-22(36-30(33)34-18-20-8-4-3-5-9-20)13-15-26(28)31(25)24-11-7-6-10-23(24)29(32)38-31/h3-17,19H,18H2,1-2H3. The summed E-state index contributed by atoms with van der Waals surface area (Å²) in [5.41, 5.74) is 2.11. The van der Waals surface area contributed by atoms with E-state index < -0.39 is 17.7 Å². The Balaban J connectivity index is 1.38. The maximum Gasteiger partial charge on any atom is 0.514 e. The summed E-state index contributed by atoms with van der Waals surface area (Å²) in [6.07, 6.45) is -0.880. The first-order valence-electron chi connectivity index (χ1n) is 12.3.